The van der Waals surface area contributed by atoms with Crippen molar-refractivity contribution in [2.45, 2.75) is 53.1 Å². The second-order valence-electron chi connectivity index (χ2n) is 4.41. The minimum Gasteiger partial charge on any atom is -0.359 e. The van der Waals surface area contributed by atoms with Crippen LogP contribution >= 0.6 is 0 Å². The highest BCUT2D eigenvalue weighted by molar-refractivity contribution is 5.56. The lowest BCUT2D eigenvalue weighted by atomic mass is 10.1. The Bertz CT molecular complexity index is 423. The van der Waals surface area contributed by atoms with Crippen molar-refractivity contribution in [3.8, 4) is 0 Å². The summed E-state index contributed by atoms with van der Waals surface area (Å²) in [5.41, 5.74) is 2.90. The number of aryl methyl sites for hydroxylation is 2. The summed E-state index contributed by atoms with van der Waals surface area (Å²) in [5, 5.41) is 5.91. The van der Waals surface area contributed by atoms with Crippen LogP contribution in [-0.4, -0.2) is 11.3 Å². The van der Waals surface area contributed by atoms with E-state index in [4.69, 9.17) is 9.36 Å². The Balaban J connectivity index is 2.25. The quantitative estimate of drug-likeness (QED) is 0.803. The van der Waals surface area contributed by atoms with Gasteiger partial charge in [0.1, 0.15) is 17.5 Å². The fourth-order valence-corrected chi connectivity index (χ4v) is 2.02. The van der Waals surface area contributed by atoms with E-state index >= 15 is 0 Å². The summed E-state index contributed by atoms with van der Waals surface area (Å²) in [6, 6.07) is 0. The molecule has 1 aliphatic rings. The summed E-state index contributed by atoms with van der Waals surface area (Å²) in [7, 11) is 0. The Morgan fingerprint density at radius 3 is 2.76 bits per heavy atom. The zero-order valence-corrected chi connectivity index (χ0v) is 10.9. The molecule has 1 unspecified atom stereocenters. The number of anilines is 1. The maximum atomic E-state index is 5.70. The second kappa shape index (κ2) is 4.92. The Kier molecular flexibility index (Phi) is 3.52. The van der Waals surface area contributed by atoms with E-state index in [0.717, 1.165) is 42.1 Å². The van der Waals surface area contributed by atoms with Crippen LogP contribution in [0.5, 0.6) is 0 Å². The summed E-state index contributed by atoms with van der Waals surface area (Å²) in [4.78, 5) is 5.70. The molecule has 93 valence electrons. The standard InChI is InChI=1S/C13H19N2O2/c1-5-6-7-12-13(11(4)16-14-12)15-9(2)8-10(3)17-15/h10H,5-7H2,1-4H3. The minimum absolute atomic E-state index is 0.0108. The average Bonchev–Trinajstić information content (AvgIpc) is 2.79. The molecule has 1 aliphatic heterocycles. The lowest BCUT2D eigenvalue weighted by molar-refractivity contribution is 0.107. The number of aromatic nitrogens is 1. The molecular formula is C13H19N2O2. The summed E-state index contributed by atoms with van der Waals surface area (Å²) in [6.07, 6.45) is 6.38. The molecule has 0 saturated heterocycles. The van der Waals surface area contributed by atoms with Gasteiger partial charge < -0.3 is 4.52 Å². The number of nitrogens with zero attached hydrogens (tertiary/aromatic N) is 2. The van der Waals surface area contributed by atoms with Gasteiger partial charge in [-0.05, 0) is 33.6 Å². The van der Waals surface area contributed by atoms with E-state index < -0.39 is 0 Å². The zero-order chi connectivity index (χ0) is 12.4. The van der Waals surface area contributed by atoms with Gasteiger partial charge in [-0.15, -0.1) is 0 Å². The first kappa shape index (κ1) is 12.2. The monoisotopic (exact) mass is 235 g/mol. The van der Waals surface area contributed by atoms with Crippen LogP contribution in [0.15, 0.2) is 10.2 Å². The first-order chi connectivity index (χ1) is 8.13. The third-order valence-electron chi connectivity index (χ3n) is 2.85. The number of hydrogen-bond acceptors (Lipinski definition) is 4. The topological polar surface area (TPSA) is 38.5 Å². The molecule has 0 fully saturated rings. The normalized spacial score (nSPS) is 19.9. The van der Waals surface area contributed by atoms with Gasteiger partial charge in [-0.1, -0.05) is 18.5 Å². The van der Waals surface area contributed by atoms with Crippen LogP contribution in [0, 0.1) is 13.0 Å². The van der Waals surface area contributed by atoms with Gasteiger partial charge in [-0.25, -0.2) is 5.06 Å². The number of unbranched alkanes of at least 4 members (excludes halogenated alkanes) is 1. The molecule has 1 aromatic rings. The molecule has 1 radical (unpaired) electrons. The predicted octanol–water partition coefficient (Wildman–Crippen LogP) is 3.17. The third-order valence-corrected chi connectivity index (χ3v) is 2.85. The lowest BCUT2D eigenvalue weighted by Crippen LogP contribution is -2.20. The van der Waals surface area contributed by atoms with Crippen LogP contribution in [0.1, 0.15) is 45.1 Å². The van der Waals surface area contributed by atoms with Crippen molar-refractivity contribution in [1.29, 1.82) is 0 Å². The van der Waals surface area contributed by atoms with E-state index in [2.05, 4.69) is 18.2 Å². The van der Waals surface area contributed by atoms with E-state index in [1.54, 1.807) is 5.06 Å². The Labute approximate surface area is 102 Å². The summed E-state index contributed by atoms with van der Waals surface area (Å²) >= 11 is 0. The van der Waals surface area contributed by atoms with Crippen molar-refractivity contribution in [3.05, 3.63) is 23.2 Å². The fourth-order valence-electron chi connectivity index (χ4n) is 2.02. The molecule has 0 bridgehead atoms. The van der Waals surface area contributed by atoms with Crippen LogP contribution in [0.25, 0.3) is 0 Å². The summed E-state index contributed by atoms with van der Waals surface area (Å²) < 4.78 is 5.28. The number of rotatable bonds is 4. The Morgan fingerprint density at radius 1 is 1.41 bits per heavy atom. The zero-order valence-electron chi connectivity index (χ0n) is 10.9. The number of hydroxylamine groups is 1. The van der Waals surface area contributed by atoms with Crippen molar-refractivity contribution in [3.63, 3.8) is 0 Å². The van der Waals surface area contributed by atoms with Crippen molar-refractivity contribution >= 4 is 5.69 Å². The van der Waals surface area contributed by atoms with Crippen LogP contribution in [-0.2, 0) is 11.3 Å². The van der Waals surface area contributed by atoms with Gasteiger partial charge in [0.05, 0.1) is 5.70 Å². The molecule has 4 nitrogen and oxygen atoms in total. The molecule has 0 N–H and O–H groups in total. The van der Waals surface area contributed by atoms with Gasteiger partial charge >= 0.3 is 0 Å². The molecule has 17 heavy (non-hydrogen) atoms. The Morgan fingerprint density at radius 2 is 2.18 bits per heavy atom. The van der Waals surface area contributed by atoms with Crippen molar-refractivity contribution in [2.75, 3.05) is 5.06 Å². The van der Waals surface area contributed by atoms with Gasteiger partial charge in [-0.2, -0.15) is 0 Å². The van der Waals surface area contributed by atoms with Gasteiger partial charge in [-0.3, -0.25) is 4.84 Å². The largest absolute Gasteiger partial charge is 0.359 e. The van der Waals surface area contributed by atoms with Crippen molar-refractivity contribution in [1.82, 2.24) is 5.16 Å². The van der Waals surface area contributed by atoms with Crippen LogP contribution < -0.4 is 5.06 Å². The predicted molar refractivity (Wildman–Crippen MR) is 65.3 cm³/mol. The minimum atomic E-state index is -0.0108. The molecule has 0 aliphatic carbocycles. The molecule has 1 aromatic heterocycles. The maximum Gasteiger partial charge on any atom is 0.160 e. The summed E-state index contributed by atoms with van der Waals surface area (Å²) in [6.45, 7) is 8.04. The number of allylic oxidation sites excluding steroid dienone is 1. The first-order valence-electron chi connectivity index (χ1n) is 6.15. The molecule has 1 atom stereocenters. The summed E-state index contributed by atoms with van der Waals surface area (Å²) in [5.74, 6) is 0.798. The van der Waals surface area contributed by atoms with Gasteiger partial charge in [0, 0.05) is 6.08 Å². The molecular weight excluding hydrogens is 216 g/mol. The highest BCUT2D eigenvalue weighted by atomic mass is 16.7. The average molecular weight is 235 g/mol. The van der Waals surface area contributed by atoms with Crippen LogP contribution in [0.2, 0.25) is 0 Å². The highest BCUT2D eigenvalue weighted by Crippen LogP contribution is 2.32. The number of hydrogen-bond donors (Lipinski definition) is 0. The molecule has 2 rings (SSSR count). The van der Waals surface area contributed by atoms with Crippen LogP contribution in [0.4, 0.5) is 5.69 Å². The SMILES string of the molecule is CCCCc1noc(C)c1N1OC(C)[C]=C1C. The molecule has 0 saturated carbocycles. The fraction of sp³-hybridized carbons (Fsp3) is 0.615. The van der Waals surface area contributed by atoms with Crippen molar-refractivity contribution < 1.29 is 9.36 Å². The molecule has 4 heteroatoms. The van der Waals surface area contributed by atoms with Crippen LogP contribution in [0.3, 0.4) is 0 Å². The third kappa shape index (κ3) is 2.36. The molecule has 0 amide bonds. The maximum absolute atomic E-state index is 5.70. The smallest absolute Gasteiger partial charge is 0.160 e. The molecule has 0 spiro atoms. The van der Waals surface area contributed by atoms with Crippen molar-refractivity contribution in [2.24, 2.45) is 0 Å². The molecule has 2 heterocycles. The first-order valence-corrected chi connectivity index (χ1v) is 6.15. The van der Waals surface area contributed by atoms with E-state index in [9.17, 15) is 0 Å². The van der Waals surface area contributed by atoms with E-state index in [1.807, 2.05) is 20.8 Å². The van der Waals surface area contributed by atoms with E-state index in [0.29, 0.717) is 0 Å². The van der Waals surface area contributed by atoms with E-state index in [-0.39, 0.29) is 6.10 Å². The van der Waals surface area contributed by atoms with Gasteiger partial charge in [0.25, 0.3) is 0 Å². The van der Waals surface area contributed by atoms with E-state index in [1.165, 1.54) is 0 Å². The Hall–Kier alpha value is -1.29. The highest BCUT2D eigenvalue weighted by Gasteiger charge is 2.27. The van der Waals surface area contributed by atoms with Gasteiger partial charge in [0.15, 0.2) is 5.76 Å². The lowest BCUT2D eigenvalue weighted by Gasteiger charge is -2.19. The molecule has 0 aromatic carbocycles. The van der Waals surface area contributed by atoms with Gasteiger partial charge in [0.2, 0.25) is 0 Å². The second-order valence-corrected chi connectivity index (χ2v) is 4.41.